The number of methoxy groups -OCH3 is 1. The van der Waals surface area contributed by atoms with Gasteiger partial charge < -0.3 is 9.84 Å². The molecule has 0 bridgehead atoms. The number of carboxylic acids is 1. The number of nitrogens with zero attached hydrogens (tertiary/aromatic N) is 1. The SMILES string of the molecule is COc1ccc(Cl)cc1-c1cc(C(=O)O)c2cc(F)cc(F)c2n1. The van der Waals surface area contributed by atoms with Crippen LogP contribution >= 0.6 is 11.6 Å². The normalized spacial score (nSPS) is 10.8. The number of halogens is 3. The van der Waals surface area contributed by atoms with Crippen LogP contribution in [0.2, 0.25) is 5.02 Å². The van der Waals surface area contributed by atoms with Crippen molar-refractivity contribution in [3.63, 3.8) is 0 Å². The maximum atomic E-state index is 14.1. The highest BCUT2D eigenvalue weighted by Crippen LogP contribution is 2.34. The van der Waals surface area contributed by atoms with E-state index in [1.807, 2.05) is 0 Å². The van der Waals surface area contributed by atoms with Crippen molar-refractivity contribution in [2.45, 2.75) is 0 Å². The van der Waals surface area contributed by atoms with E-state index in [2.05, 4.69) is 4.98 Å². The molecule has 0 amide bonds. The Morgan fingerprint density at radius 2 is 1.96 bits per heavy atom. The van der Waals surface area contributed by atoms with Crippen molar-refractivity contribution in [3.05, 3.63) is 58.6 Å². The average molecular weight is 350 g/mol. The highest BCUT2D eigenvalue weighted by atomic mass is 35.5. The van der Waals surface area contributed by atoms with E-state index in [0.29, 0.717) is 22.4 Å². The molecule has 24 heavy (non-hydrogen) atoms. The van der Waals surface area contributed by atoms with Crippen LogP contribution in [0.1, 0.15) is 10.4 Å². The van der Waals surface area contributed by atoms with Gasteiger partial charge >= 0.3 is 5.97 Å². The molecule has 0 fully saturated rings. The third kappa shape index (κ3) is 2.76. The Labute approximate surface area is 140 Å². The van der Waals surface area contributed by atoms with Crippen molar-refractivity contribution in [1.82, 2.24) is 4.98 Å². The first-order chi connectivity index (χ1) is 11.4. The minimum absolute atomic E-state index is 0.121. The summed E-state index contributed by atoms with van der Waals surface area (Å²) in [6.07, 6.45) is 0. The summed E-state index contributed by atoms with van der Waals surface area (Å²) in [5, 5.41) is 9.65. The summed E-state index contributed by atoms with van der Waals surface area (Å²) >= 11 is 5.97. The third-order valence-electron chi connectivity index (χ3n) is 3.50. The van der Waals surface area contributed by atoms with E-state index in [1.165, 1.54) is 19.2 Å². The Kier molecular flexibility index (Phi) is 4.07. The lowest BCUT2D eigenvalue weighted by atomic mass is 10.0. The molecule has 0 aliphatic carbocycles. The zero-order valence-corrected chi connectivity index (χ0v) is 13.1. The number of aromatic carboxylic acids is 1. The second-order valence-electron chi connectivity index (χ2n) is 4.99. The molecule has 1 aromatic heterocycles. The summed E-state index contributed by atoms with van der Waals surface area (Å²) in [5.41, 5.74) is 0.0478. The molecule has 0 atom stereocenters. The number of rotatable bonds is 3. The van der Waals surface area contributed by atoms with Crippen molar-refractivity contribution in [2.24, 2.45) is 0 Å². The van der Waals surface area contributed by atoms with Gasteiger partial charge in [-0.05, 0) is 30.3 Å². The fraction of sp³-hybridized carbons (Fsp3) is 0.0588. The summed E-state index contributed by atoms with van der Waals surface area (Å²) in [6.45, 7) is 0. The second-order valence-corrected chi connectivity index (χ2v) is 5.43. The van der Waals surface area contributed by atoms with Gasteiger partial charge in [-0.1, -0.05) is 11.6 Å². The van der Waals surface area contributed by atoms with Crippen LogP contribution in [-0.4, -0.2) is 23.2 Å². The molecule has 1 heterocycles. The number of hydrogen-bond donors (Lipinski definition) is 1. The number of fused-ring (bicyclic) bond motifs is 1. The standard InChI is InChI=1S/C17H10ClF2NO3/c1-24-15-3-2-8(18)4-12(15)14-7-11(17(22)23)10-5-9(19)6-13(20)16(10)21-14/h2-7H,1H3,(H,22,23). The van der Waals surface area contributed by atoms with Crippen LogP contribution in [0.5, 0.6) is 5.75 Å². The number of carboxylic acid groups (broad SMARTS) is 1. The molecule has 7 heteroatoms. The van der Waals surface area contributed by atoms with Gasteiger partial charge in [-0.25, -0.2) is 18.6 Å². The van der Waals surface area contributed by atoms with Crippen molar-refractivity contribution in [2.75, 3.05) is 7.11 Å². The van der Waals surface area contributed by atoms with Gasteiger partial charge in [-0.15, -0.1) is 0 Å². The first-order valence-electron chi connectivity index (χ1n) is 6.77. The van der Waals surface area contributed by atoms with Crippen molar-refractivity contribution in [1.29, 1.82) is 0 Å². The van der Waals surface area contributed by atoms with E-state index in [-0.39, 0.29) is 22.2 Å². The van der Waals surface area contributed by atoms with Crippen LogP contribution in [0, 0.1) is 11.6 Å². The van der Waals surface area contributed by atoms with Gasteiger partial charge in [-0.3, -0.25) is 0 Å². The average Bonchev–Trinajstić information content (AvgIpc) is 2.53. The molecular formula is C17H10ClF2NO3. The Hall–Kier alpha value is -2.73. The molecule has 0 aliphatic heterocycles. The number of benzene rings is 2. The van der Waals surface area contributed by atoms with Crippen LogP contribution in [0.25, 0.3) is 22.2 Å². The molecule has 0 aliphatic rings. The zero-order chi connectivity index (χ0) is 17.4. The lowest BCUT2D eigenvalue weighted by molar-refractivity contribution is 0.0699. The lowest BCUT2D eigenvalue weighted by Gasteiger charge is -2.11. The lowest BCUT2D eigenvalue weighted by Crippen LogP contribution is -2.02. The number of ether oxygens (including phenoxy) is 1. The maximum absolute atomic E-state index is 14.1. The van der Waals surface area contributed by atoms with E-state index in [1.54, 1.807) is 12.1 Å². The smallest absolute Gasteiger partial charge is 0.336 e. The Bertz CT molecular complexity index is 976. The van der Waals surface area contributed by atoms with Gasteiger partial charge in [0.25, 0.3) is 0 Å². The third-order valence-corrected chi connectivity index (χ3v) is 3.73. The number of carbonyl (C=O) groups is 1. The fourth-order valence-corrected chi connectivity index (χ4v) is 2.62. The maximum Gasteiger partial charge on any atom is 0.336 e. The quantitative estimate of drug-likeness (QED) is 0.754. The molecule has 0 saturated heterocycles. The van der Waals surface area contributed by atoms with E-state index >= 15 is 0 Å². The van der Waals surface area contributed by atoms with Gasteiger partial charge in [0.05, 0.1) is 18.4 Å². The van der Waals surface area contributed by atoms with Gasteiger partial charge in [0.1, 0.15) is 17.1 Å². The Morgan fingerprint density at radius 3 is 2.62 bits per heavy atom. The number of hydrogen-bond acceptors (Lipinski definition) is 3. The topological polar surface area (TPSA) is 59.4 Å². The molecule has 122 valence electrons. The van der Waals surface area contributed by atoms with Crippen molar-refractivity contribution in [3.8, 4) is 17.0 Å². The van der Waals surface area contributed by atoms with Gasteiger partial charge in [0, 0.05) is 22.0 Å². The predicted molar refractivity (Wildman–Crippen MR) is 85.6 cm³/mol. The fourth-order valence-electron chi connectivity index (χ4n) is 2.45. The Morgan fingerprint density at radius 1 is 1.21 bits per heavy atom. The number of aromatic nitrogens is 1. The summed E-state index contributed by atoms with van der Waals surface area (Å²) in [5.74, 6) is -2.76. The minimum Gasteiger partial charge on any atom is -0.496 e. The molecule has 0 unspecified atom stereocenters. The summed E-state index contributed by atoms with van der Waals surface area (Å²) in [7, 11) is 1.43. The monoisotopic (exact) mass is 349 g/mol. The minimum atomic E-state index is -1.32. The summed E-state index contributed by atoms with van der Waals surface area (Å²) < 4.78 is 32.7. The first kappa shape index (κ1) is 16.1. The van der Waals surface area contributed by atoms with E-state index in [4.69, 9.17) is 16.3 Å². The van der Waals surface area contributed by atoms with Crippen molar-refractivity contribution < 1.29 is 23.4 Å². The van der Waals surface area contributed by atoms with Crippen LogP contribution in [-0.2, 0) is 0 Å². The molecule has 1 N–H and O–H groups in total. The second kappa shape index (κ2) is 6.05. The number of pyridine rings is 1. The largest absolute Gasteiger partial charge is 0.496 e. The summed E-state index contributed by atoms with van der Waals surface area (Å²) in [6, 6.07) is 7.54. The molecular weight excluding hydrogens is 340 g/mol. The molecule has 0 spiro atoms. The predicted octanol–water partition coefficient (Wildman–Crippen LogP) is 4.54. The van der Waals surface area contributed by atoms with E-state index in [9.17, 15) is 18.7 Å². The van der Waals surface area contributed by atoms with Crippen LogP contribution in [0.3, 0.4) is 0 Å². The van der Waals surface area contributed by atoms with E-state index < -0.39 is 17.6 Å². The molecule has 4 nitrogen and oxygen atoms in total. The first-order valence-corrected chi connectivity index (χ1v) is 7.15. The van der Waals surface area contributed by atoms with Crippen LogP contribution in [0.15, 0.2) is 36.4 Å². The summed E-state index contributed by atoms with van der Waals surface area (Å²) in [4.78, 5) is 15.6. The highest BCUT2D eigenvalue weighted by Gasteiger charge is 2.18. The van der Waals surface area contributed by atoms with Gasteiger partial charge in [0.2, 0.25) is 0 Å². The molecule has 3 aromatic rings. The molecule has 3 rings (SSSR count). The van der Waals surface area contributed by atoms with Crippen LogP contribution < -0.4 is 4.74 Å². The molecule has 0 radical (unpaired) electrons. The van der Waals surface area contributed by atoms with Crippen LogP contribution in [0.4, 0.5) is 8.78 Å². The van der Waals surface area contributed by atoms with Crippen molar-refractivity contribution >= 4 is 28.5 Å². The van der Waals surface area contributed by atoms with E-state index in [0.717, 1.165) is 6.07 Å². The Balaban J connectivity index is 2.39. The molecule has 0 saturated carbocycles. The van der Waals surface area contributed by atoms with Gasteiger partial charge in [0.15, 0.2) is 5.82 Å². The van der Waals surface area contributed by atoms with Gasteiger partial charge in [-0.2, -0.15) is 0 Å². The zero-order valence-electron chi connectivity index (χ0n) is 12.3. The highest BCUT2D eigenvalue weighted by molar-refractivity contribution is 6.31. The molecule has 2 aromatic carbocycles.